The van der Waals surface area contributed by atoms with E-state index in [1.165, 1.54) is 19.5 Å². The lowest BCUT2D eigenvalue weighted by Gasteiger charge is -2.30. The summed E-state index contributed by atoms with van der Waals surface area (Å²) in [6.07, 6.45) is 5.65. The molecule has 3 aromatic heterocycles. The molecule has 3 heterocycles. The van der Waals surface area contributed by atoms with Gasteiger partial charge in [-0.25, -0.2) is 18.2 Å². The van der Waals surface area contributed by atoms with Crippen molar-refractivity contribution < 1.29 is 22.7 Å². The Morgan fingerprint density at radius 2 is 1.97 bits per heavy atom. The molecule has 8 nitrogen and oxygen atoms in total. The van der Waals surface area contributed by atoms with Crippen LogP contribution in [0.3, 0.4) is 0 Å². The van der Waals surface area contributed by atoms with Gasteiger partial charge in [-0.2, -0.15) is 5.26 Å². The number of nitriles is 1. The number of nitrogens with zero attached hydrogens (tertiary/aromatic N) is 3. The summed E-state index contributed by atoms with van der Waals surface area (Å²) in [6, 6.07) is 7.65. The van der Waals surface area contributed by atoms with E-state index in [2.05, 4.69) is 25.6 Å². The fourth-order valence-electron chi connectivity index (χ4n) is 4.80. The zero-order valence-corrected chi connectivity index (χ0v) is 20.3. The number of carbonyl (C=O) groups excluding carboxylic acids is 1. The Morgan fingerprint density at radius 1 is 1.16 bits per heavy atom. The molecular formula is C27H23F3N6O2. The number of aromatic amines is 1. The summed E-state index contributed by atoms with van der Waals surface area (Å²) in [4.78, 5) is 23.9. The SMILES string of the molecule is COc1ccnc(C(=O)N[C@@H]2CCC[C@H](Nc3nc(-c4c[nH]c5c(F)cc(F)cc45)c(C#N)cc3F)C2)c1. The standard InChI is InChI=1S/C27H23F3N6O2/c1-38-18-5-6-32-23(11-18)27(37)35-17-4-2-3-16(10-17)34-26-22(30)7-14(12-31)24(36-26)20-13-33-25-19(20)8-15(28)9-21(25)29/h5-9,11,13,16-17,33H,2-4,10H2,1H3,(H,34,36)(H,35,37)/t16-,17+/m0/s1. The summed E-state index contributed by atoms with van der Waals surface area (Å²) in [7, 11) is 1.51. The Morgan fingerprint density at radius 3 is 2.76 bits per heavy atom. The summed E-state index contributed by atoms with van der Waals surface area (Å²) in [5.41, 5.74) is 0.589. The molecule has 0 saturated heterocycles. The molecule has 194 valence electrons. The number of hydrogen-bond donors (Lipinski definition) is 3. The minimum Gasteiger partial charge on any atom is -0.497 e. The van der Waals surface area contributed by atoms with Gasteiger partial charge in [0.15, 0.2) is 11.6 Å². The van der Waals surface area contributed by atoms with Gasteiger partial charge in [0.25, 0.3) is 5.91 Å². The molecule has 3 N–H and O–H groups in total. The molecule has 1 fully saturated rings. The van der Waals surface area contributed by atoms with E-state index in [1.807, 2.05) is 6.07 Å². The lowest BCUT2D eigenvalue weighted by atomic mass is 9.90. The first-order valence-electron chi connectivity index (χ1n) is 12.0. The summed E-state index contributed by atoms with van der Waals surface area (Å²) in [5.74, 6) is -2.20. The first kappa shape index (κ1) is 25.1. The van der Waals surface area contributed by atoms with Crippen molar-refractivity contribution in [3.05, 3.63) is 71.4 Å². The monoisotopic (exact) mass is 520 g/mol. The summed E-state index contributed by atoms with van der Waals surface area (Å²) < 4.78 is 48.3. The predicted octanol–water partition coefficient (Wildman–Crippen LogP) is 5.08. The van der Waals surface area contributed by atoms with Crippen LogP contribution in [0, 0.1) is 28.8 Å². The Balaban J connectivity index is 1.37. The van der Waals surface area contributed by atoms with Gasteiger partial charge in [0.1, 0.15) is 29.1 Å². The smallest absolute Gasteiger partial charge is 0.270 e. The molecule has 0 aliphatic heterocycles. The van der Waals surface area contributed by atoms with Gasteiger partial charge in [0, 0.05) is 47.6 Å². The maximum atomic E-state index is 15.0. The van der Waals surface area contributed by atoms with Crippen LogP contribution in [0.1, 0.15) is 41.7 Å². The van der Waals surface area contributed by atoms with Crippen LogP contribution < -0.4 is 15.4 Å². The van der Waals surface area contributed by atoms with E-state index in [0.29, 0.717) is 18.6 Å². The van der Waals surface area contributed by atoms with E-state index in [0.717, 1.165) is 31.0 Å². The van der Waals surface area contributed by atoms with Gasteiger partial charge in [-0.1, -0.05) is 0 Å². The average Bonchev–Trinajstić information content (AvgIpc) is 3.33. The number of methoxy groups -OCH3 is 1. The molecule has 0 spiro atoms. The van der Waals surface area contributed by atoms with E-state index in [4.69, 9.17) is 4.74 Å². The van der Waals surface area contributed by atoms with Crippen LogP contribution in [0.25, 0.3) is 22.2 Å². The zero-order chi connectivity index (χ0) is 26.8. The second-order valence-corrected chi connectivity index (χ2v) is 9.10. The van der Waals surface area contributed by atoms with E-state index >= 15 is 0 Å². The number of rotatable bonds is 6. The molecule has 0 unspecified atom stereocenters. The van der Waals surface area contributed by atoms with Crippen molar-refractivity contribution in [1.82, 2.24) is 20.3 Å². The number of ether oxygens (including phenoxy) is 1. The molecule has 1 aliphatic rings. The molecule has 1 amide bonds. The van der Waals surface area contributed by atoms with Crippen molar-refractivity contribution in [2.24, 2.45) is 0 Å². The van der Waals surface area contributed by atoms with Crippen molar-refractivity contribution in [3.63, 3.8) is 0 Å². The van der Waals surface area contributed by atoms with Crippen molar-refractivity contribution in [3.8, 4) is 23.1 Å². The Hall–Kier alpha value is -4.59. The fraction of sp³-hybridized carbons (Fsp3) is 0.259. The number of pyridine rings is 2. The number of H-pyrrole nitrogens is 1. The lowest BCUT2D eigenvalue weighted by Crippen LogP contribution is -2.42. The number of benzene rings is 1. The van der Waals surface area contributed by atoms with Crippen molar-refractivity contribution in [2.45, 2.75) is 37.8 Å². The van der Waals surface area contributed by atoms with Crippen LogP contribution in [0.2, 0.25) is 0 Å². The third-order valence-corrected chi connectivity index (χ3v) is 6.61. The first-order chi connectivity index (χ1) is 18.4. The van der Waals surface area contributed by atoms with Crippen molar-refractivity contribution >= 4 is 22.6 Å². The Kier molecular flexibility index (Phi) is 6.87. The molecule has 11 heteroatoms. The molecule has 1 aliphatic carbocycles. The van der Waals surface area contributed by atoms with E-state index in [1.54, 1.807) is 12.1 Å². The summed E-state index contributed by atoms with van der Waals surface area (Å²) in [5, 5.41) is 15.8. The van der Waals surface area contributed by atoms with Crippen LogP contribution in [-0.4, -0.2) is 40.1 Å². The van der Waals surface area contributed by atoms with Crippen LogP contribution in [0.4, 0.5) is 19.0 Å². The number of fused-ring (bicyclic) bond motifs is 1. The van der Waals surface area contributed by atoms with Crippen LogP contribution in [0.5, 0.6) is 5.75 Å². The molecule has 1 saturated carbocycles. The van der Waals surface area contributed by atoms with Gasteiger partial charge >= 0.3 is 0 Å². The van der Waals surface area contributed by atoms with E-state index in [-0.39, 0.29) is 57.2 Å². The van der Waals surface area contributed by atoms with Gasteiger partial charge < -0.3 is 20.4 Å². The van der Waals surface area contributed by atoms with E-state index < -0.39 is 17.5 Å². The highest BCUT2D eigenvalue weighted by atomic mass is 19.1. The Labute approximate surface area is 215 Å². The zero-order valence-electron chi connectivity index (χ0n) is 20.3. The maximum Gasteiger partial charge on any atom is 0.270 e. The molecule has 0 radical (unpaired) electrons. The largest absolute Gasteiger partial charge is 0.497 e. The number of carbonyl (C=O) groups is 1. The third-order valence-electron chi connectivity index (χ3n) is 6.61. The summed E-state index contributed by atoms with van der Waals surface area (Å²) in [6.45, 7) is 0. The van der Waals surface area contributed by atoms with Crippen molar-refractivity contribution in [2.75, 3.05) is 12.4 Å². The minimum absolute atomic E-state index is 0.0577. The molecule has 2 atom stereocenters. The van der Waals surface area contributed by atoms with Gasteiger partial charge in [-0.15, -0.1) is 0 Å². The van der Waals surface area contributed by atoms with Crippen molar-refractivity contribution in [1.29, 1.82) is 5.26 Å². The number of hydrogen-bond acceptors (Lipinski definition) is 6. The van der Waals surface area contributed by atoms with E-state index in [9.17, 15) is 23.2 Å². The van der Waals surface area contributed by atoms with Gasteiger partial charge in [-0.3, -0.25) is 9.78 Å². The lowest BCUT2D eigenvalue weighted by molar-refractivity contribution is 0.0921. The number of aromatic nitrogens is 3. The molecule has 1 aromatic carbocycles. The van der Waals surface area contributed by atoms with Gasteiger partial charge in [0.2, 0.25) is 0 Å². The Bertz CT molecular complexity index is 1560. The molecule has 5 rings (SSSR count). The number of amides is 1. The summed E-state index contributed by atoms with van der Waals surface area (Å²) >= 11 is 0. The van der Waals surface area contributed by atoms with Crippen LogP contribution in [-0.2, 0) is 0 Å². The first-order valence-corrected chi connectivity index (χ1v) is 12.0. The number of nitrogens with one attached hydrogen (secondary N) is 3. The highest BCUT2D eigenvalue weighted by molar-refractivity contribution is 5.96. The third kappa shape index (κ3) is 4.98. The second-order valence-electron chi connectivity index (χ2n) is 9.10. The van der Waals surface area contributed by atoms with Gasteiger partial charge in [0.05, 0.1) is 23.9 Å². The molecule has 38 heavy (non-hydrogen) atoms. The molecular weight excluding hydrogens is 497 g/mol. The van der Waals surface area contributed by atoms with Crippen LogP contribution in [0.15, 0.2) is 42.7 Å². The molecule has 4 aromatic rings. The number of halogens is 3. The van der Waals surface area contributed by atoms with Crippen LogP contribution >= 0.6 is 0 Å². The second kappa shape index (κ2) is 10.4. The molecule has 0 bridgehead atoms. The number of anilines is 1. The maximum absolute atomic E-state index is 15.0. The normalized spacial score (nSPS) is 17.1. The minimum atomic E-state index is -0.787. The quantitative estimate of drug-likeness (QED) is 0.327. The highest BCUT2D eigenvalue weighted by Crippen LogP contribution is 2.34. The fourth-order valence-corrected chi connectivity index (χ4v) is 4.80. The topological polar surface area (TPSA) is 116 Å². The average molecular weight is 521 g/mol. The highest BCUT2D eigenvalue weighted by Gasteiger charge is 2.26. The predicted molar refractivity (Wildman–Crippen MR) is 134 cm³/mol. The van der Waals surface area contributed by atoms with Gasteiger partial charge in [-0.05, 0) is 43.9 Å².